The fourth-order valence-corrected chi connectivity index (χ4v) is 3.38. The molecule has 0 spiro atoms. The van der Waals surface area contributed by atoms with E-state index in [1.807, 2.05) is 42.5 Å². The quantitative estimate of drug-likeness (QED) is 0.613. The molecule has 1 amide bonds. The van der Waals surface area contributed by atoms with Gasteiger partial charge in [-0.15, -0.1) is 0 Å². The van der Waals surface area contributed by atoms with E-state index in [1.54, 1.807) is 0 Å². The van der Waals surface area contributed by atoms with E-state index in [1.165, 1.54) is 31.3 Å². The summed E-state index contributed by atoms with van der Waals surface area (Å²) in [5, 5.41) is 4.87. The Labute approximate surface area is 158 Å². The van der Waals surface area contributed by atoms with Crippen LogP contribution in [0.4, 0.5) is 0 Å². The summed E-state index contributed by atoms with van der Waals surface area (Å²) in [6.45, 7) is 0.657. The number of amides is 1. The summed E-state index contributed by atoms with van der Waals surface area (Å²) in [7, 11) is -2.17. The molecule has 3 aromatic rings. The lowest BCUT2D eigenvalue weighted by Gasteiger charge is -2.10. The van der Waals surface area contributed by atoms with Gasteiger partial charge >= 0.3 is 0 Å². The van der Waals surface area contributed by atoms with E-state index in [0.29, 0.717) is 18.7 Å². The van der Waals surface area contributed by atoms with Gasteiger partial charge < -0.3 is 10.1 Å². The lowest BCUT2D eigenvalue weighted by Crippen LogP contribution is -2.28. The molecule has 0 aliphatic heterocycles. The highest BCUT2D eigenvalue weighted by atomic mass is 32.2. The van der Waals surface area contributed by atoms with Gasteiger partial charge in [0.15, 0.2) is 0 Å². The maximum absolute atomic E-state index is 12.2. The minimum Gasteiger partial charge on any atom is -0.491 e. The lowest BCUT2D eigenvalue weighted by atomic mass is 10.1. The molecule has 140 valence electrons. The molecule has 0 fully saturated rings. The van der Waals surface area contributed by atoms with Crippen LogP contribution in [0.1, 0.15) is 10.4 Å². The van der Waals surface area contributed by atoms with Gasteiger partial charge in [-0.1, -0.05) is 36.4 Å². The van der Waals surface area contributed by atoms with E-state index in [2.05, 4.69) is 10.0 Å². The Hall–Kier alpha value is -2.90. The van der Waals surface area contributed by atoms with Crippen LogP contribution in [0.2, 0.25) is 0 Å². The van der Waals surface area contributed by atoms with Crippen molar-refractivity contribution in [3.8, 4) is 5.75 Å². The first-order valence-electron chi connectivity index (χ1n) is 8.43. The molecule has 0 saturated heterocycles. The summed E-state index contributed by atoms with van der Waals surface area (Å²) in [5.74, 6) is 0.480. The predicted molar refractivity (Wildman–Crippen MR) is 104 cm³/mol. The van der Waals surface area contributed by atoms with Gasteiger partial charge in [-0.05, 0) is 42.8 Å². The highest BCUT2D eigenvalue weighted by molar-refractivity contribution is 7.89. The number of nitrogens with one attached hydrogen (secondary N) is 2. The zero-order valence-corrected chi connectivity index (χ0v) is 15.6. The highest BCUT2D eigenvalue weighted by Crippen LogP contribution is 2.24. The molecule has 2 N–H and O–H groups in total. The first kappa shape index (κ1) is 18.9. The predicted octanol–water partition coefficient (Wildman–Crippen LogP) is 2.56. The van der Waals surface area contributed by atoms with Gasteiger partial charge in [0.1, 0.15) is 12.4 Å². The van der Waals surface area contributed by atoms with Crippen LogP contribution in [0.15, 0.2) is 71.6 Å². The molecule has 0 aromatic heterocycles. The van der Waals surface area contributed by atoms with Crippen molar-refractivity contribution >= 4 is 26.7 Å². The van der Waals surface area contributed by atoms with Crippen molar-refractivity contribution in [2.45, 2.75) is 4.90 Å². The number of benzene rings is 3. The van der Waals surface area contributed by atoms with Gasteiger partial charge in [0.25, 0.3) is 5.91 Å². The number of sulfonamides is 1. The first-order valence-corrected chi connectivity index (χ1v) is 9.92. The highest BCUT2D eigenvalue weighted by Gasteiger charge is 2.12. The molecule has 3 aromatic carbocycles. The fourth-order valence-electron chi connectivity index (χ4n) is 2.65. The van der Waals surface area contributed by atoms with Gasteiger partial charge in [-0.25, -0.2) is 13.1 Å². The van der Waals surface area contributed by atoms with E-state index in [4.69, 9.17) is 4.74 Å². The first-order chi connectivity index (χ1) is 13.0. The molecular weight excluding hydrogens is 364 g/mol. The van der Waals surface area contributed by atoms with Crippen molar-refractivity contribution in [2.24, 2.45) is 0 Å². The van der Waals surface area contributed by atoms with Gasteiger partial charge in [0, 0.05) is 10.9 Å². The number of carbonyl (C=O) groups is 1. The second-order valence-corrected chi connectivity index (χ2v) is 7.70. The zero-order valence-electron chi connectivity index (χ0n) is 14.8. The molecule has 0 aliphatic rings. The van der Waals surface area contributed by atoms with Crippen LogP contribution in [0, 0.1) is 0 Å². The molecule has 0 unspecified atom stereocenters. The molecule has 27 heavy (non-hydrogen) atoms. The summed E-state index contributed by atoms with van der Waals surface area (Å²) in [5.41, 5.74) is 0.384. The number of hydrogen-bond donors (Lipinski definition) is 2. The average molecular weight is 384 g/mol. The smallest absolute Gasteiger partial charge is 0.251 e. The molecule has 6 nitrogen and oxygen atoms in total. The number of rotatable bonds is 7. The Kier molecular flexibility index (Phi) is 5.73. The van der Waals surface area contributed by atoms with Crippen molar-refractivity contribution in [3.63, 3.8) is 0 Å². The second-order valence-electron chi connectivity index (χ2n) is 5.81. The van der Waals surface area contributed by atoms with Crippen LogP contribution in [0.5, 0.6) is 5.75 Å². The van der Waals surface area contributed by atoms with Crippen LogP contribution in [-0.4, -0.2) is 34.5 Å². The average Bonchev–Trinajstić information content (AvgIpc) is 2.71. The van der Waals surface area contributed by atoms with Crippen LogP contribution >= 0.6 is 0 Å². The standard InChI is InChI=1S/C20H20N2O4S/c1-21-27(24,25)17-11-9-16(10-12-17)20(23)22-13-14-26-19-8-4-6-15-5-2-3-7-18(15)19/h2-12,21H,13-14H2,1H3,(H,22,23). The van der Waals surface area contributed by atoms with E-state index in [0.717, 1.165) is 16.5 Å². The zero-order chi connectivity index (χ0) is 19.3. The molecular formula is C20H20N2O4S. The van der Waals surface area contributed by atoms with Gasteiger partial charge in [0.05, 0.1) is 11.4 Å². The molecule has 0 atom stereocenters. The topological polar surface area (TPSA) is 84.5 Å². The summed E-state index contributed by atoms with van der Waals surface area (Å²) in [6, 6.07) is 19.5. The normalized spacial score (nSPS) is 11.3. The largest absolute Gasteiger partial charge is 0.491 e. The summed E-state index contributed by atoms with van der Waals surface area (Å²) >= 11 is 0. The second kappa shape index (κ2) is 8.20. The Bertz CT molecular complexity index is 1040. The van der Waals surface area contributed by atoms with E-state index in [-0.39, 0.29) is 10.8 Å². The minimum absolute atomic E-state index is 0.112. The van der Waals surface area contributed by atoms with E-state index < -0.39 is 10.0 Å². The van der Waals surface area contributed by atoms with Crippen molar-refractivity contribution < 1.29 is 17.9 Å². The van der Waals surface area contributed by atoms with Gasteiger partial charge in [-0.3, -0.25) is 4.79 Å². The maximum Gasteiger partial charge on any atom is 0.251 e. The van der Waals surface area contributed by atoms with Gasteiger partial charge in [0.2, 0.25) is 10.0 Å². The van der Waals surface area contributed by atoms with Crippen molar-refractivity contribution in [3.05, 3.63) is 72.3 Å². The van der Waals surface area contributed by atoms with Crippen molar-refractivity contribution in [1.82, 2.24) is 10.0 Å². The number of carbonyl (C=O) groups excluding carboxylic acids is 1. The Morgan fingerprint density at radius 2 is 1.67 bits per heavy atom. The summed E-state index contributed by atoms with van der Waals surface area (Å²) in [4.78, 5) is 12.3. The van der Waals surface area contributed by atoms with Crippen molar-refractivity contribution in [2.75, 3.05) is 20.2 Å². The molecule has 0 heterocycles. The number of ether oxygens (including phenoxy) is 1. The minimum atomic E-state index is -3.51. The Balaban J connectivity index is 1.55. The fraction of sp³-hybridized carbons (Fsp3) is 0.150. The van der Waals surface area contributed by atoms with E-state index >= 15 is 0 Å². The molecule has 0 bridgehead atoms. The Morgan fingerprint density at radius 1 is 0.963 bits per heavy atom. The van der Waals surface area contributed by atoms with Crippen LogP contribution in [0.25, 0.3) is 10.8 Å². The van der Waals surface area contributed by atoms with Crippen molar-refractivity contribution in [1.29, 1.82) is 0 Å². The van der Waals surface area contributed by atoms with Crippen LogP contribution in [-0.2, 0) is 10.0 Å². The van der Waals surface area contributed by atoms with Crippen LogP contribution < -0.4 is 14.8 Å². The third-order valence-electron chi connectivity index (χ3n) is 4.09. The van der Waals surface area contributed by atoms with Gasteiger partial charge in [-0.2, -0.15) is 0 Å². The Morgan fingerprint density at radius 3 is 2.41 bits per heavy atom. The number of hydrogen-bond acceptors (Lipinski definition) is 4. The number of fused-ring (bicyclic) bond motifs is 1. The van der Waals surface area contributed by atoms with E-state index in [9.17, 15) is 13.2 Å². The molecule has 0 aliphatic carbocycles. The third-order valence-corrected chi connectivity index (χ3v) is 5.52. The lowest BCUT2D eigenvalue weighted by molar-refractivity contribution is 0.0947. The van der Waals surface area contributed by atoms with Crippen LogP contribution in [0.3, 0.4) is 0 Å². The third kappa shape index (κ3) is 4.45. The molecule has 3 rings (SSSR count). The monoisotopic (exact) mass is 384 g/mol. The SMILES string of the molecule is CNS(=O)(=O)c1ccc(C(=O)NCCOc2cccc3ccccc23)cc1. The molecule has 7 heteroatoms. The summed E-state index contributed by atoms with van der Waals surface area (Å²) in [6.07, 6.45) is 0. The maximum atomic E-state index is 12.2. The summed E-state index contributed by atoms with van der Waals surface area (Å²) < 4.78 is 31.4. The molecule has 0 saturated carbocycles. The molecule has 0 radical (unpaired) electrons.